The molecule has 0 aliphatic heterocycles. The number of Topliss-reactive ketones (excluding diaryl/α,β-unsaturated/α-hetero) is 1. The van der Waals surface area contributed by atoms with Crippen LogP contribution < -0.4 is 5.32 Å². The van der Waals surface area contributed by atoms with E-state index in [0.29, 0.717) is 30.0 Å². The molecule has 0 radical (unpaired) electrons. The number of rotatable bonds is 7. The lowest BCUT2D eigenvalue weighted by Gasteiger charge is -2.10. The summed E-state index contributed by atoms with van der Waals surface area (Å²) >= 11 is 0. The van der Waals surface area contributed by atoms with Gasteiger partial charge in [0.05, 0.1) is 11.1 Å². The lowest BCUT2D eigenvalue weighted by Crippen LogP contribution is -2.07. The average Bonchev–Trinajstić information content (AvgIpc) is 2.67. The third-order valence-corrected chi connectivity index (χ3v) is 4.48. The van der Waals surface area contributed by atoms with Crippen molar-refractivity contribution in [3.63, 3.8) is 0 Å². The molecule has 1 N–H and O–H groups in total. The third-order valence-electron chi connectivity index (χ3n) is 4.48. The Morgan fingerprint density at radius 2 is 2.04 bits per heavy atom. The second-order valence-corrected chi connectivity index (χ2v) is 6.67. The fourth-order valence-corrected chi connectivity index (χ4v) is 3.12. The number of anilines is 1. The number of fused-ring (bicyclic) bond motifs is 1. The van der Waals surface area contributed by atoms with Gasteiger partial charge in [0.15, 0.2) is 5.78 Å². The molecule has 0 aliphatic rings. The zero-order chi connectivity index (χ0) is 19.2. The van der Waals surface area contributed by atoms with Gasteiger partial charge >= 0.3 is 0 Å². The number of carbonyl (C=O) groups excluding carboxylic acids is 1. The van der Waals surface area contributed by atoms with E-state index in [1.165, 1.54) is 0 Å². The number of nitrogens with zero attached hydrogens (tertiary/aromatic N) is 3. The highest BCUT2D eigenvalue weighted by molar-refractivity contribution is 5.94. The van der Waals surface area contributed by atoms with Gasteiger partial charge in [-0.15, -0.1) is 0 Å². The minimum atomic E-state index is 0.0584. The van der Waals surface area contributed by atoms with Crippen molar-refractivity contribution in [1.82, 2.24) is 9.97 Å². The van der Waals surface area contributed by atoms with Gasteiger partial charge < -0.3 is 5.32 Å². The summed E-state index contributed by atoms with van der Waals surface area (Å²) in [5.74, 6) is 0.661. The van der Waals surface area contributed by atoms with Crippen molar-refractivity contribution in [3.05, 3.63) is 65.0 Å². The summed E-state index contributed by atoms with van der Waals surface area (Å²) in [4.78, 5) is 20.8. The minimum Gasteiger partial charge on any atom is -0.369 e. The molecule has 0 bridgehead atoms. The molecule has 0 spiro atoms. The topological polar surface area (TPSA) is 78.7 Å². The predicted octanol–water partition coefficient (Wildman–Crippen LogP) is 4.58. The van der Waals surface area contributed by atoms with Crippen LogP contribution in [0.2, 0.25) is 0 Å². The first-order valence-corrected chi connectivity index (χ1v) is 9.08. The van der Waals surface area contributed by atoms with Crippen LogP contribution in [0.3, 0.4) is 0 Å². The van der Waals surface area contributed by atoms with E-state index in [4.69, 9.17) is 0 Å². The standard InChI is InChI=1S/C22H22N4O/c1-15-11-16(2)18-13-17(14-23)22(26-20(18)12-15)25-10-6-4-8-21(27)19-7-3-5-9-24-19/h3,5,7,9,11-13H,4,6,8,10H2,1-2H3,(H,25,26). The summed E-state index contributed by atoms with van der Waals surface area (Å²) < 4.78 is 0. The molecule has 5 heteroatoms. The maximum absolute atomic E-state index is 12.1. The highest BCUT2D eigenvalue weighted by atomic mass is 16.1. The van der Waals surface area contributed by atoms with E-state index in [2.05, 4.69) is 27.4 Å². The van der Waals surface area contributed by atoms with Gasteiger partial charge in [0.1, 0.15) is 17.6 Å². The summed E-state index contributed by atoms with van der Waals surface area (Å²) in [6.07, 6.45) is 3.67. The summed E-state index contributed by atoms with van der Waals surface area (Å²) in [5, 5.41) is 13.7. The first-order chi connectivity index (χ1) is 13.1. The number of hydrogen-bond acceptors (Lipinski definition) is 5. The molecule has 0 atom stereocenters. The largest absolute Gasteiger partial charge is 0.369 e. The predicted molar refractivity (Wildman–Crippen MR) is 107 cm³/mol. The zero-order valence-corrected chi connectivity index (χ0v) is 15.6. The van der Waals surface area contributed by atoms with Gasteiger partial charge in [-0.2, -0.15) is 5.26 Å². The highest BCUT2D eigenvalue weighted by Gasteiger charge is 2.09. The summed E-state index contributed by atoms with van der Waals surface area (Å²) in [7, 11) is 0. The number of hydrogen-bond donors (Lipinski definition) is 1. The normalized spacial score (nSPS) is 10.6. The molecule has 0 aliphatic carbocycles. The number of ketones is 1. The van der Waals surface area contributed by atoms with Gasteiger partial charge in [-0.3, -0.25) is 9.78 Å². The molecule has 0 saturated heterocycles. The lowest BCUT2D eigenvalue weighted by atomic mass is 10.0. The van der Waals surface area contributed by atoms with E-state index in [9.17, 15) is 10.1 Å². The van der Waals surface area contributed by atoms with Crippen molar-refractivity contribution in [3.8, 4) is 6.07 Å². The van der Waals surface area contributed by atoms with Crippen molar-refractivity contribution < 1.29 is 4.79 Å². The van der Waals surface area contributed by atoms with E-state index in [-0.39, 0.29) is 5.78 Å². The molecule has 0 unspecified atom stereocenters. The molecule has 0 saturated carbocycles. The average molecular weight is 358 g/mol. The number of carbonyl (C=O) groups is 1. The van der Waals surface area contributed by atoms with Crippen molar-refractivity contribution in [2.75, 3.05) is 11.9 Å². The van der Waals surface area contributed by atoms with Crippen LogP contribution in [0, 0.1) is 25.2 Å². The van der Waals surface area contributed by atoms with Crippen LogP contribution in [-0.4, -0.2) is 22.3 Å². The Balaban J connectivity index is 1.60. The molecule has 27 heavy (non-hydrogen) atoms. The van der Waals surface area contributed by atoms with E-state index >= 15 is 0 Å². The molecule has 0 fully saturated rings. The molecule has 0 amide bonds. The van der Waals surface area contributed by atoms with Crippen LogP contribution in [-0.2, 0) is 0 Å². The maximum atomic E-state index is 12.1. The first-order valence-electron chi connectivity index (χ1n) is 9.08. The molecule has 2 aromatic heterocycles. The third kappa shape index (κ3) is 4.48. The maximum Gasteiger partial charge on any atom is 0.181 e. The fraction of sp³-hybridized carbons (Fsp3) is 0.273. The number of nitriles is 1. The van der Waals surface area contributed by atoms with E-state index in [1.54, 1.807) is 18.3 Å². The van der Waals surface area contributed by atoms with Crippen LogP contribution in [0.1, 0.15) is 46.4 Å². The van der Waals surface area contributed by atoms with E-state index in [1.807, 2.05) is 32.0 Å². The van der Waals surface area contributed by atoms with Crippen LogP contribution in [0.5, 0.6) is 0 Å². The van der Waals surface area contributed by atoms with Crippen molar-refractivity contribution in [2.45, 2.75) is 33.1 Å². The molecule has 1 aromatic carbocycles. The second kappa shape index (κ2) is 8.41. The van der Waals surface area contributed by atoms with Crippen molar-refractivity contribution in [2.24, 2.45) is 0 Å². The first kappa shape index (κ1) is 18.5. The number of pyridine rings is 2. The van der Waals surface area contributed by atoms with Gasteiger partial charge in [-0.05, 0) is 62.1 Å². The minimum absolute atomic E-state index is 0.0584. The number of aromatic nitrogens is 2. The molecular formula is C22H22N4O. The Kier molecular flexibility index (Phi) is 5.77. The smallest absolute Gasteiger partial charge is 0.181 e. The monoisotopic (exact) mass is 358 g/mol. The number of unbranched alkanes of at least 4 members (excludes halogenated alkanes) is 1. The quantitative estimate of drug-likeness (QED) is 0.494. The van der Waals surface area contributed by atoms with Crippen LogP contribution in [0.15, 0.2) is 42.6 Å². The fourth-order valence-electron chi connectivity index (χ4n) is 3.12. The van der Waals surface area contributed by atoms with Crippen LogP contribution in [0.4, 0.5) is 5.82 Å². The van der Waals surface area contributed by atoms with Gasteiger partial charge in [-0.1, -0.05) is 12.1 Å². The summed E-state index contributed by atoms with van der Waals surface area (Å²) in [5.41, 5.74) is 4.21. The van der Waals surface area contributed by atoms with Gasteiger partial charge in [0, 0.05) is 24.5 Å². The Bertz CT molecular complexity index is 1010. The van der Waals surface area contributed by atoms with Crippen molar-refractivity contribution in [1.29, 1.82) is 5.26 Å². The zero-order valence-electron chi connectivity index (χ0n) is 15.6. The number of nitrogens with one attached hydrogen (secondary N) is 1. The Hall–Kier alpha value is -3.26. The molecule has 3 aromatic rings. The lowest BCUT2D eigenvalue weighted by molar-refractivity contribution is 0.0975. The molecule has 2 heterocycles. The van der Waals surface area contributed by atoms with E-state index in [0.717, 1.165) is 34.9 Å². The molecule has 5 nitrogen and oxygen atoms in total. The summed E-state index contributed by atoms with van der Waals surface area (Å²) in [6.45, 7) is 4.73. The Morgan fingerprint density at radius 3 is 2.78 bits per heavy atom. The van der Waals surface area contributed by atoms with E-state index < -0.39 is 0 Å². The SMILES string of the molecule is Cc1cc(C)c2cc(C#N)c(NCCCCC(=O)c3ccccn3)nc2c1. The van der Waals surface area contributed by atoms with Crippen LogP contribution in [0.25, 0.3) is 10.9 Å². The Labute approximate surface area is 159 Å². The van der Waals surface area contributed by atoms with Gasteiger partial charge in [0.25, 0.3) is 0 Å². The molecular weight excluding hydrogens is 336 g/mol. The van der Waals surface area contributed by atoms with Gasteiger partial charge in [0.2, 0.25) is 0 Å². The molecule has 3 rings (SSSR count). The van der Waals surface area contributed by atoms with Crippen molar-refractivity contribution >= 4 is 22.5 Å². The second-order valence-electron chi connectivity index (χ2n) is 6.67. The number of benzene rings is 1. The Morgan fingerprint density at radius 1 is 1.19 bits per heavy atom. The van der Waals surface area contributed by atoms with Crippen LogP contribution >= 0.6 is 0 Å². The summed E-state index contributed by atoms with van der Waals surface area (Å²) in [6, 6.07) is 13.6. The number of aryl methyl sites for hydroxylation is 2. The van der Waals surface area contributed by atoms with Gasteiger partial charge in [-0.25, -0.2) is 4.98 Å². The molecule has 136 valence electrons. The highest BCUT2D eigenvalue weighted by Crippen LogP contribution is 2.24.